The van der Waals surface area contributed by atoms with Crippen LogP contribution >= 0.6 is 0 Å². The minimum atomic E-state index is -0.413. The smallest absolute Gasteiger partial charge is 0.336 e. The number of piperidine rings is 1. The van der Waals surface area contributed by atoms with Gasteiger partial charge < -0.3 is 23.5 Å². The van der Waals surface area contributed by atoms with Crippen molar-refractivity contribution in [2.75, 3.05) is 32.9 Å². The number of carbonyl (C=O) groups is 1. The quantitative estimate of drug-likeness (QED) is 0.775. The fourth-order valence-electron chi connectivity index (χ4n) is 3.44. The molecule has 4 rings (SSSR count). The molecule has 0 atom stereocenters. The number of nitrogens with zero attached hydrogens (tertiary/aromatic N) is 1. The summed E-state index contributed by atoms with van der Waals surface area (Å²) >= 11 is 0. The second-order valence-corrected chi connectivity index (χ2v) is 6.57. The minimum Gasteiger partial charge on any atom is -0.484 e. The summed E-state index contributed by atoms with van der Waals surface area (Å²) in [7, 11) is 0. The summed E-state index contributed by atoms with van der Waals surface area (Å²) in [4.78, 5) is 25.5. The lowest BCUT2D eigenvalue weighted by molar-refractivity contribution is -0.138. The molecule has 1 aromatic heterocycles. The molecule has 1 amide bonds. The Bertz CT molecular complexity index is 833. The third-order valence-corrected chi connectivity index (χ3v) is 4.88. The zero-order chi connectivity index (χ0) is 17.9. The monoisotopic (exact) mass is 359 g/mol. The van der Waals surface area contributed by atoms with Gasteiger partial charge in [0.1, 0.15) is 11.3 Å². The zero-order valence-electron chi connectivity index (χ0n) is 14.4. The highest BCUT2D eigenvalue weighted by Crippen LogP contribution is 2.26. The van der Waals surface area contributed by atoms with Crippen molar-refractivity contribution in [1.82, 2.24) is 4.90 Å². The van der Waals surface area contributed by atoms with E-state index in [0.29, 0.717) is 43.6 Å². The third kappa shape index (κ3) is 3.73. The molecule has 2 aliphatic heterocycles. The van der Waals surface area contributed by atoms with Gasteiger partial charge in [-0.05, 0) is 31.0 Å². The van der Waals surface area contributed by atoms with Crippen LogP contribution in [0.25, 0.3) is 11.0 Å². The van der Waals surface area contributed by atoms with Gasteiger partial charge in [0.2, 0.25) is 0 Å². The largest absolute Gasteiger partial charge is 0.484 e. The van der Waals surface area contributed by atoms with Crippen molar-refractivity contribution in [2.45, 2.75) is 19.1 Å². The third-order valence-electron chi connectivity index (χ3n) is 4.88. The summed E-state index contributed by atoms with van der Waals surface area (Å²) in [6, 6.07) is 8.25. The van der Waals surface area contributed by atoms with Crippen molar-refractivity contribution in [3.63, 3.8) is 0 Å². The van der Waals surface area contributed by atoms with E-state index < -0.39 is 5.63 Å². The van der Waals surface area contributed by atoms with E-state index >= 15 is 0 Å². The SMILES string of the molecule is O=C(COc1ccc2ccc(=O)oc2c1)N1CCC(C2OCCO2)CC1. The highest BCUT2D eigenvalue weighted by atomic mass is 16.7. The predicted molar refractivity (Wildman–Crippen MR) is 93.0 cm³/mol. The molecule has 2 aliphatic rings. The lowest BCUT2D eigenvalue weighted by Crippen LogP contribution is -2.43. The molecule has 2 aromatic rings. The number of hydrogen-bond acceptors (Lipinski definition) is 6. The highest BCUT2D eigenvalue weighted by Gasteiger charge is 2.31. The van der Waals surface area contributed by atoms with E-state index in [0.717, 1.165) is 18.2 Å². The summed E-state index contributed by atoms with van der Waals surface area (Å²) in [6.07, 6.45) is 1.63. The van der Waals surface area contributed by atoms with Crippen molar-refractivity contribution in [3.05, 3.63) is 40.8 Å². The Hall–Kier alpha value is -2.38. The molecule has 0 unspecified atom stereocenters. The molecular weight excluding hydrogens is 338 g/mol. The Kier molecular flexibility index (Phi) is 4.90. The Balaban J connectivity index is 1.30. The fourth-order valence-corrected chi connectivity index (χ4v) is 3.44. The first kappa shape index (κ1) is 17.1. The van der Waals surface area contributed by atoms with Crippen LogP contribution in [-0.4, -0.2) is 50.0 Å². The lowest BCUT2D eigenvalue weighted by Gasteiger charge is -2.33. The second kappa shape index (κ2) is 7.47. The molecule has 2 fully saturated rings. The standard InChI is InChI=1S/C19H21NO6/c21-17(20-7-5-14(6-8-20)19-23-9-10-24-19)12-25-15-3-1-13-2-4-18(22)26-16(13)11-15/h1-4,11,14,19H,5-10,12H2. The summed E-state index contributed by atoms with van der Waals surface area (Å²) in [5.41, 5.74) is 0.0312. The molecule has 2 saturated heterocycles. The molecule has 0 spiro atoms. The number of fused-ring (bicyclic) bond motifs is 1. The average Bonchev–Trinajstić information content (AvgIpc) is 3.20. The summed E-state index contributed by atoms with van der Waals surface area (Å²) < 4.78 is 21.8. The van der Waals surface area contributed by atoms with E-state index in [9.17, 15) is 9.59 Å². The maximum atomic E-state index is 12.4. The Morgan fingerprint density at radius 3 is 2.62 bits per heavy atom. The van der Waals surface area contributed by atoms with Gasteiger partial charge in [-0.1, -0.05) is 0 Å². The summed E-state index contributed by atoms with van der Waals surface area (Å²) in [5.74, 6) is 0.806. The molecule has 138 valence electrons. The van der Waals surface area contributed by atoms with Crippen LogP contribution < -0.4 is 10.4 Å². The van der Waals surface area contributed by atoms with Gasteiger partial charge >= 0.3 is 5.63 Å². The summed E-state index contributed by atoms with van der Waals surface area (Å²) in [6.45, 7) is 2.64. The van der Waals surface area contributed by atoms with Crippen molar-refractivity contribution < 1.29 is 23.4 Å². The van der Waals surface area contributed by atoms with Crippen LogP contribution in [0.3, 0.4) is 0 Å². The Morgan fingerprint density at radius 2 is 1.85 bits per heavy atom. The van der Waals surface area contributed by atoms with E-state index in [1.165, 1.54) is 6.07 Å². The molecule has 26 heavy (non-hydrogen) atoms. The van der Waals surface area contributed by atoms with Crippen LogP contribution in [0.2, 0.25) is 0 Å². The maximum Gasteiger partial charge on any atom is 0.336 e. The average molecular weight is 359 g/mol. The van der Waals surface area contributed by atoms with Gasteiger partial charge in [0.25, 0.3) is 5.91 Å². The van der Waals surface area contributed by atoms with Gasteiger partial charge in [0.15, 0.2) is 12.9 Å². The van der Waals surface area contributed by atoms with Crippen LogP contribution in [0.5, 0.6) is 5.75 Å². The molecule has 0 radical (unpaired) electrons. The molecule has 0 saturated carbocycles. The number of benzene rings is 1. The van der Waals surface area contributed by atoms with Crippen molar-refractivity contribution in [1.29, 1.82) is 0 Å². The van der Waals surface area contributed by atoms with E-state index in [2.05, 4.69) is 0 Å². The van der Waals surface area contributed by atoms with Gasteiger partial charge in [-0.3, -0.25) is 4.79 Å². The molecule has 0 bridgehead atoms. The first-order valence-electron chi connectivity index (χ1n) is 8.87. The number of likely N-dealkylation sites (tertiary alicyclic amines) is 1. The molecule has 3 heterocycles. The van der Waals surface area contributed by atoms with Crippen molar-refractivity contribution >= 4 is 16.9 Å². The van der Waals surface area contributed by atoms with Gasteiger partial charge in [0.05, 0.1) is 13.2 Å². The number of hydrogen-bond donors (Lipinski definition) is 0. The number of carbonyl (C=O) groups excluding carboxylic acids is 1. The normalized spacial score (nSPS) is 19.2. The van der Waals surface area contributed by atoms with Crippen LogP contribution in [0.1, 0.15) is 12.8 Å². The lowest BCUT2D eigenvalue weighted by atomic mass is 9.96. The molecular formula is C19H21NO6. The Labute approximate surface area is 150 Å². The van der Waals surface area contributed by atoms with Crippen molar-refractivity contribution in [3.8, 4) is 5.75 Å². The first-order chi connectivity index (χ1) is 12.7. The van der Waals surface area contributed by atoms with E-state index in [-0.39, 0.29) is 18.8 Å². The first-order valence-corrected chi connectivity index (χ1v) is 8.87. The molecule has 1 aromatic carbocycles. The summed E-state index contributed by atoms with van der Waals surface area (Å²) in [5, 5.41) is 0.807. The molecule has 7 heteroatoms. The van der Waals surface area contributed by atoms with Gasteiger partial charge in [-0.15, -0.1) is 0 Å². The van der Waals surface area contributed by atoms with Gasteiger partial charge in [0, 0.05) is 36.5 Å². The second-order valence-electron chi connectivity index (χ2n) is 6.57. The van der Waals surface area contributed by atoms with Gasteiger partial charge in [-0.2, -0.15) is 0 Å². The van der Waals surface area contributed by atoms with E-state index in [1.807, 2.05) is 4.90 Å². The predicted octanol–water partition coefficient (Wildman–Crippen LogP) is 1.78. The molecule has 7 nitrogen and oxygen atoms in total. The van der Waals surface area contributed by atoms with Crippen molar-refractivity contribution in [2.24, 2.45) is 5.92 Å². The highest BCUT2D eigenvalue weighted by molar-refractivity contribution is 5.79. The van der Waals surface area contributed by atoms with Crippen LogP contribution in [0, 0.1) is 5.92 Å². The van der Waals surface area contributed by atoms with Crippen LogP contribution in [-0.2, 0) is 14.3 Å². The number of ether oxygens (including phenoxy) is 3. The van der Waals surface area contributed by atoms with E-state index in [1.54, 1.807) is 24.3 Å². The maximum absolute atomic E-state index is 12.4. The fraction of sp³-hybridized carbons (Fsp3) is 0.474. The molecule has 0 aliphatic carbocycles. The topological polar surface area (TPSA) is 78.2 Å². The minimum absolute atomic E-state index is 0.0380. The Morgan fingerprint density at radius 1 is 1.12 bits per heavy atom. The van der Waals surface area contributed by atoms with E-state index in [4.69, 9.17) is 18.6 Å². The van der Waals surface area contributed by atoms with Crippen LogP contribution in [0.4, 0.5) is 0 Å². The van der Waals surface area contributed by atoms with Crippen LogP contribution in [0.15, 0.2) is 39.5 Å². The molecule has 0 N–H and O–H groups in total. The zero-order valence-corrected chi connectivity index (χ0v) is 14.4. The number of amides is 1. The number of rotatable bonds is 4. The van der Waals surface area contributed by atoms with Gasteiger partial charge in [-0.25, -0.2) is 4.79 Å².